The summed E-state index contributed by atoms with van der Waals surface area (Å²) in [5.41, 5.74) is 4.88. The predicted octanol–water partition coefficient (Wildman–Crippen LogP) is 2.16. The van der Waals surface area contributed by atoms with E-state index >= 15 is 0 Å². The lowest BCUT2D eigenvalue weighted by molar-refractivity contribution is -0.149. The van der Waals surface area contributed by atoms with Crippen molar-refractivity contribution in [2.75, 3.05) is 7.11 Å². The molecule has 1 saturated carbocycles. The number of halogens is 2. The number of carbonyl (C=O) groups excluding carboxylic acids is 1. The predicted molar refractivity (Wildman–Crippen MR) is 68.2 cm³/mol. The maximum atomic E-state index is 13.5. The minimum Gasteiger partial charge on any atom is -0.487 e. The van der Waals surface area contributed by atoms with Crippen molar-refractivity contribution in [3.63, 3.8) is 0 Å². The molecule has 1 aromatic carbocycles. The molecule has 0 aliphatic heterocycles. The lowest BCUT2D eigenvalue weighted by Crippen LogP contribution is -2.54. The molecule has 0 bridgehead atoms. The molecule has 0 saturated heterocycles. The number of hydrogen-bond acceptors (Lipinski definition) is 4. The van der Waals surface area contributed by atoms with Gasteiger partial charge in [-0.15, -0.1) is 0 Å². The Morgan fingerprint density at radius 2 is 2.20 bits per heavy atom. The number of benzene rings is 1. The van der Waals surface area contributed by atoms with Gasteiger partial charge in [-0.05, 0) is 31.4 Å². The Bertz CT molecular complexity index is 509. The summed E-state index contributed by atoms with van der Waals surface area (Å²) in [7, 11) is 1.27. The Hall–Kier alpha value is -1.69. The van der Waals surface area contributed by atoms with Crippen LogP contribution in [-0.4, -0.2) is 24.7 Å². The molecule has 0 amide bonds. The SMILES string of the molecule is COC(=O)C1(N)CCCC(Oc2cc(F)ccc2F)C1. The average molecular weight is 285 g/mol. The molecule has 1 fully saturated rings. The first kappa shape index (κ1) is 14.7. The average Bonchev–Trinajstić information content (AvgIpc) is 2.42. The van der Waals surface area contributed by atoms with Crippen LogP contribution in [0, 0.1) is 11.6 Å². The van der Waals surface area contributed by atoms with E-state index in [2.05, 4.69) is 4.74 Å². The Morgan fingerprint density at radius 3 is 2.90 bits per heavy atom. The number of rotatable bonds is 3. The highest BCUT2D eigenvalue weighted by Gasteiger charge is 2.41. The van der Waals surface area contributed by atoms with Gasteiger partial charge in [0.25, 0.3) is 0 Å². The van der Waals surface area contributed by atoms with E-state index in [1.54, 1.807) is 0 Å². The Morgan fingerprint density at radius 1 is 1.45 bits per heavy atom. The van der Waals surface area contributed by atoms with Gasteiger partial charge in [-0.1, -0.05) is 0 Å². The molecule has 20 heavy (non-hydrogen) atoms. The van der Waals surface area contributed by atoms with Gasteiger partial charge in [0, 0.05) is 12.5 Å². The van der Waals surface area contributed by atoms with Crippen molar-refractivity contribution in [1.82, 2.24) is 0 Å². The smallest absolute Gasteiger partial charge is 0.325 e. The van der Waals surface area contributed by atoms with Crippen molar-refractivity contribution in [2.45, 2.75) is 37.3 Å². The van der Waals surface area contributed by atoms with Crippen LogP contribution in [0.4, 0.5) is 8.78 Å². The highest BCUT2D eigenvalue weighted by atomic mass is 19.1. The fraction of sp³-hybridized carbons (Fsp3) is 0.500. The van der Waals surface area contributed by atoms with Crippen molar-refractivity contribution < 1.29 is 23.0 Å². The molecule has 1 aromatic rings. The van der Waals surface area contributed by atoms with Crippen LogP contribution in [0.1, 0.15) is 25.7 Å². The number of hydrogen-bond donors (Lipinski definition) is 1. The first-order chi connectivity index (χ1) is 9.44. The van der Waals surface area contributed by atoms with E-state index in [9.17, 15) is 13.6 Å². The topological polar surface area (TPSA) is 61.5 Å². The standard InChI is InChI=1S/C14H17F2NO3/c1-19-13(18)14(17)6-2-3-10(8-14)20-12-7-9(15)4-5-11(12)16/h4-5,7,10H,2-3,6,8,17H2,1H3. The summed E-state index contributed by atoms with van der Waals surface area (Å²) >= 11 is 0. The van der Waals surface area contributed by atoms with E-state index in [4.69, 9.17) is 10.5 Å². The highest BCUT2D eigenvalue weighted by Crippen LogP contribution is 2.31. The van der Waals surface area contributed by atoms with Crippen LogP contribution in [-0.2, 0) is 9.53 Å². The van der Waals surface area contributed by atoms with Crippen LogP contribution in [0.15, 0.2) is 18.2 Å². The van der Waals surface area contributed by atoms with Gasteiger partial charge in [-0.3, -0.25) is 4.79 Å². The Labute approximate surface area is 115 Å². The van der Waals surface area contributed by atoms with Gasteiger partial charge in [0.05, 0.1) is 7.11 Å². The van der Waals surface area contributed by atoms with E-state index in [1.165, 1.54) is 7.11 Å². The molecule has 2 rings (SSSR count). The van der Waals surface area contributed by atoms with Crippen LogP contribution < -0.4 is 10.5 Å². The molecular formula is C14H17F2NO3. The van der Waals surface area contributed by atoms with Crippen molar-refractivity contribution in [2.24, 2.45) is 5.73 Å². The summed E-state index contributed by atoms with van der Waals surface area (Å²) in [6.45, 7) is 0. The lowest BCUT2D eigenvalue weighted by Gasteiger charge is -2.35. The first-order valence-corrected chi connectivity index (χ1v) is 6.43. The largest absolute Gasteiger partial charge is 0.487 e. The summed E-state index contributed by atoms with van der Waals surface area (Å²) in [5.74, 6) is -1.89. The fourth-order valence-electron chi connectivity index (χ4n) is 2.49. The number of carbonyl (C=O) groups is 1. The molecule has 0 aromatic heterocycles. The lowest BCUT2D eigenvalue weighted by atomic mass is 9.81. The second-order valence-corrected chi connectivity index (χ2v) is 5.06. The van der Waals surface area contributed by atoms with Crippen LogP contribution in [0.2, 0.25) is 0 Å². The Kier molecular flexibility index (Phi) is 4.23. The summed E-state index contributed by atoms with van der Waals surface area (Å²) in [6.07, 6.45) is 1.56. The second-order valence-electron chi connectivity index (χ2n) is 5.06. The molecule has 110 valence electrons. The highest BCUT2D eigenvalue weighted by molar-refractivity contribution is 5.80. The van der Waals surface area contributed by atoms with E-state index in [1.807, 2.05) is 0 Å². The molecule has 0 radical (unpaired) electrons. The number of esters is 1. The van der Waals surface area contributed by atoms with Gasteiger partial charge in [0.1, 0.15) is 17.5 Å². The zero-order chi connectivity index (χ0) is 14.8. The molecule has 2 N–H and O–H groups in total. The van der Waals surface area contributed by atoms with Crippen molar-refractivity contribution in [3.05, 3.63) is 29.8 Å². The monoisotopic (exact) mass is 285 g/mol. The fourth-order valence-corrected chi connectivity index (χ4v) is 2.49. The summed E-state index contributed by atoms with van der Waals surface area (Å²) in [6, 6.07) is 3.01. The van der Waals surface area contributed by atoms with E-state index in [-0.39, 0.29) is 12.2 Å². The number of nitrogens with two attached hydrogens (primary N) is 1. The molecule has 2 unspecified atom stereocenters. The van der Waals surface area contributed by atoms with Crippen LogP contribution >= 0.6 is 0 Å². The third-order valence-electron chi connectivity index (χ3n) is 3.52. The molecule has 2 atom stereocenters. The molecule has 1 aliphatic rings. The number of ether oxygens (including phenoxy) is 2. The van der Waals surface area contributed by atoms with Gasteiger partial charge in [0.15, 0.2) is 11.6 Å². The van der Waals surface area contributed by atoms with Gasteiger partial charge in [-0.25, -0.2) is 8.78 Å². The van der Waals surface area contributed by atoms with Crippen molar-refractivity contribution in [3.8, 4) is 5.75 Å². The zero-order valence-electron chi connectivity index (χ0n) is 11.2. The maximum absolute atomic E-state index is 13.5. The van der Waals surface area contributed by atoms with Crippen LogP contribution in [0.25, 0.3) is 0 Å². The zero-order valence-corrected chi connectivity index (χ0v) is 11.2. The minimum atomic E-state index is -1.12. The Balaban J connectivity index is 2.10. The number of methoxy groups -OCH3 is 1. The third-order valence-corrected chi connectivity index (χ3v) is 3.52. The normalized spacial score (nSPS) is 26.1. The van der Waals surface area contributed by atoms with E-state index in [0.717, 1.165) is 18.2 Å². The summed E-state index contributed by atoms with van der Waals surface area (Å²) in [4.78, 5) is 11.7. The molecule has 6 heteroatoms. The van der Waals surface area contributed by atoms with Crippen molar-refractivity contribution >= 4 is 5.97 Å². The van der Waals surface area contributed by atoms with Crippen LogP contribution in [0.5, 0.6) is 5.75 Å². The van der Waals surface area contributed by atoms with Gasteiger partial charge < -0.3 is 15.2 Å². The molecule has 1 aliphatic carbocycles. The summed E-state index contributed by atoms with van der Waals surface area (Å²) < 4.78 is 36.8. The van der Waals surface area contributed by atoms with E-state index < -0.39 is 29.2 Å². The van der Waals surface area contributed by atoms with Gasteiger partial charge >= 0.3 is 5.97 Å². The molecular weight excluding hydrogens is 268 g/mol. The molecule has 0 spiro atoms. The van der Waals surface area contributed by atoms with Crippen LogP contribution in [0.3, 0.4) is 0 Å². The maximum Gasteiger partial charge on any atom is 0.325 e. The van der Waals surface area contributed by atoms with Gasteiger partial charge in [0.2, 0.25) is 0 Å². The van der Waals surface area contributed by atoms with Crippen molar-refractivity contribution in [1.29, 1.82) is 0 Å². The molecule has 0 heterocycles. The first-order valence-electron chi connectivity index (χ1n) is 6.43. The minimum absolute atomic E-state index is 0.163. The molecule has 4 nitrogen and oxygen atoms in total. The second kappa shape index (κ2) is 5.75. The third kappa shape index (κ3) is 3.07. The van der Waals surface area contributed by atoms with Gasteiger partial charge in [-0.2, -0.15) is 0 Å². The van der Waals surface area contributed by atoms with E-state index in [0.29, 0.717) is 19.3 Å². The quantitative estimate of drug-likeness (QED) is 0.864. The summed E-state index contributed by atoms with van der Waals surface area (Å²) in [5, 5.41) is 0.